The Bertz CT molecular complexity index is 132. The molecule has 13 heavy (non-hydrogen) atoms. The highest BCUT2D eigenvalue weighted by atomic mass is 19.3. The third-order valence-corrected chi connectivity index (χ3v) is 2.89. The Kier molecular flexibility index (Phi) is 4.10. The van der Waals surface area contributed by atoms with E-state index in [9.17, 15) is 8.78 Å². The van der Waals surface area contributed by atoms with Gasteiger partial charge in [-0.2, -0.15) is 0 Å². The van der Waals surface area contributed by atoms with E-state index in [2.05, 4.69) is 18.7 Å². The van der Waals surface area contributed by atoms with Crippen molar-refractivity contribution in [2.24, 2.45) is 5.92 Å². The smallest absolute Gasteiger partial charge is 0.241 e. The Morgan fingerprint density at radius 3 is 2.38 bits per heavy atom. The van der Waals surface area contributed by atoms with Crippen LogP contribution in [-0.2, 0) is 0 Å². The zero-order valence-electron chi connectivity index (χ0n) is 8.47. The van der Waals surface area contributed by atoms with Crippen molar-refractivity contribution in [2.45, 2.75) is 45.6 Å². The molecule has 1 saturated heterocycles. The maximum absolute atomic E-state index is 12.4. The van der Waals surface area contributed by atoms with Crippen molar-refractivity contribution >= 4 is 0 Å². The lowest BCUT2D eigenvalue weighted by Gasteiger charge is -2.24. The molecule has 1 nitrogen and oxygen atoms in total. The van der Waals surface area contributed by atoms with E-state index in [1.165, 1.54) is 0 Å². The Labute approximate surface area is 79.1 Å². The van der Waals surface area contributed by atoms with Crippen LogP contribution in [0, 0.1) is 5.92 Å². The van der Waals surface area contributed by atoms with Crippen LogP contribution in [0.2, 0.25) is 0 Å². The topological polar surface area (TPSA) is 3.24 Å². The number of likely N-dealkylation sites (tertiary alicyclic amines) is 1. The van der Waals surface area contributed by atoms with Gasteiger partial charge >= 0.3 is 0 Å². The maximum atomic E-state index is 12.4. The van der Waals surface area contributed by atoms with Crippen LogP contribution in [0.5, 0.6) is 0 Å². The zero-order chi connectivity index (χ0) is 9.84. The molecule has 0 aliphatic carbocycles. The van der Waals surface area contributed by atoms with Gasteiger partial charge in [0.1, 0.15) is 0 Å². The van der Waals surface area contributed by atoms with Crippen LogP contribution in [0.4, 0.5) is 8.78 Å². The summed E-state index contributed by atoms with van der Waals surface area (Å²) >= 11 is 0. The van der Waals surface area contributed by atoms with Crippen LogP contribution >= 0.6 is 0 Å². The molecule has 1 aliphatic heterocycles. The quantitative estimate of drug-likeness (QED) is 0.648. The molecule has 3 heteroatoms. The molecule has 1 aliphatic rings. The molecular formula is C10H19F2N. The third kappa shape index (κ3) is 3.22. The largest absolute Gasteiger partial charge is 0.301 e. The van der Waals surface area contributed by atoms with Crippen molar-refractivity contribution in [1.29, 1.82) is 0 Å². The van der Waals surface area contributed by atoms with Crippen LogP contribution in [0.3, 0.4) is 0 Å². The molecule has 0 spiro atoms. The molecule has 0 aromatic heterocycles. The molecule has 1 atom stereocenters. The summed E-state index contributed by atoms with van der Waals surface area (Å²) in [5, 5.41) is 0. The van der Waals surface area contributed by atoms with E-state index in [4.69, 9.17) is 0 Å². The van der Waals surface area contributed by atoms with Crippen molar-refractivity contribution in [3.05, 3.63) is 0 Å². The molecule has 0 bridgehead atoms. The second-order valence-electron chi connectivity index (χ2n) is 4.16. The van der Waals surface area contributed by atoms with Crippen molar-refractivity contribution < 1.29 is 8.78 Å². The van der Waals surface area contributed by atoms with Crippen molar-refractivity contribution in [2.75, 3.05) is 13.1 Å². The van der Waals surface area contributed by atoms with Crippen molar-refractivity contribution in [1.82, 2.24) is 4.90 Å². The number of hydrogen-bond donors (Lipinski definition) is 0. The lowest BCUT2D eigenvalue weighted by Crippen LogP contribution is -2.31. The van der Waals surface area contributed by atoms with E-state index in [0.717, 1.165) is 19.5 Å². The van der Waals surface area contributed by atoms with E-state index in [1.54, 1.807) is 0 Å². The Hall–Kier alpha value is -0.180. The molecule has 1 heterocycles. The van der Waals surface area contributed by atoms with Gasteiger partial charge in [0.15, 0.2) is 0 Å². The van der Waals surface area contributed by atoms with Gasteiger partial charge < -0.3 is 4.90 Å². The number of hydrogen-bond acceptors (Lipinski definition) is 1. The minimum Gasteiger partial charge on any atom is -0.301 e. The predicted molar refractivity (Wildman–Crippen MR) is 50.1 cm³/mol. The molecular weight excluding hydrogens is 172 g/mol. The van der Waals surface area contributed by atoms with Gasteiger partial charge in [-0.3, -0.25) is 0 Å². The van der Waals surface area contributed by atoms with Gasteiger partial charge in [-0.05, 0) is 46.2 Å². The molecule has 78 valence electrons. The first kappa shape index (κ1) is 10.9. The van der Waals surface area contributed by atoms with Gasteiger partial charge in [0.05, 0.1) is 0 Å². The van der Waals surface area contributed by atoms with Crippen molar-refractivity contribution in [3.63, 3.8) is 0 Å². The van der Waals surface area contributed by atoms with E-state index in [1.807, 2.05) is 0 Å². The first-order chi connectivity index (χ1) is 6.11. The highest BCUT2D eigenvalue weighted by Crippen LogP contribution is 2.24. The van der Waals surface area contributed by atoms with Gasteiger partial charge in [-0.1, -0.05) is 0 Å². The number of halogens is 2. The van der Waals surface area contributed by atoms with E-state index >= 15 is 0 Å². The van der Waals surface area contributed by atoms with Gasteiger partial charge in [0.25, 0.3) is 0 Å². The minimum absolute atomic E-state index is 0.358. The Balaban J connectivity index is 2.39. The van der Waals surface area contributed by atoms with E-state index in [-0.39, 0.29) is 5.92 Å². The van der Waals surface area contributed by atoms with Crippen LogP contribution in [-0.4, -0.2) is 30.5 Å². The SMILES string of the molecule is CC(C)N1CCC[C@@H](C(F)F)CC1. The average molecular weight is 191 g/mol. The first-order valence-electron chi connectivity index (χ1n) is 5.13. The summed E-state index contributed by atoms with van der Waals surface area (Å²) in [6, 6.07) is 0.497. The molecule has 1 fully saturated rings. The van der Waals surface area contributed by atoms with Crippen molar-refractivity contribution in [3.8, 4) is 0 Å². The molecule has 0 aromatic carbocycles. The minimum atomic E-state index is -2.12. The van der Waals surface area contributed by atoms with Crippen LogP contribution in [0.1, 0.15) is 33.1 Å². The summed E-state index contributed by atoms with van der Waals surface area (Å²) in [7, 11) is 0. The summed E-state index contributed by atoms with van der Waals surface area (Å²) in [5.41, 5.74) is 0. The molecule has 0 radical (unpaired) electrons. The lowest BCUT2D eigenvalue weighted by molar-refractivity contribution is 0.0681. The van der Waals surface area contributed by atoms with E-state index < -0.39 is 6.43 Å². The molecule has 0 N–H and O–H groups in total. The molecule has 0 saturated carbocycles. The molecule has 0 amide bonds. The highest BCUT2D eigenvalue weighted by Gasteiger charge is 2.24. The molecule has 0 aromatic rings. The van der Waals surface area contributed by atoms with E-state index in [0.29, 0.717) is 18.9 Å². The highest BCUT2D eigenvalue weighted by molar-refractivity contribution is 4.73. The summed E-state index contributed by atoms with van der Waals surface area (Å²) in [5.74, 6) is -0.358. The Morgan fingerprint density at radius 2 is 1.85 bits per heavy atom. The van der Waals surface area contributed by atoms with Crippen LogP contribution in [0.25, 0.3) is 0 Å². The summed E-state index contributed by atoms with van der Waals surface area (Å²) in [6.07, 6.45) is 0.163. The van der Waals surface area contributed by atoms with Gasteiger partial charge in [0, 0.05) is 12.0 Å². The number of alkyl halides is 2. The first-order valence-corrected chi connectivity index (χ1v) is 5.13. The van der Waals surface area contributed by atoms with Gasteiger partial charge in [-0.25, -0.2) is 8.78 Å². The summed E-state index contributed by atoms with van der Waals surface area (Å²) in [4.78, 5) is 2.29. The van der Waals surface area contributed by atoms with Gasteiger partial charge in [-0.15, -0.1) is 0 Å². The van der Waals surface area contributed by atoms with Crippen LogP contribution < -0.4 is 0 Å². The second kappa shape index (κ2) is 4.89. The van der Waals surface area contributed by atoms with Gasteiger partial charge in [0.2, 0.25) is 6.43 Å². The fourth-order valence-electron chi connectivity index (χ4n) is 1.91. The average Bonchev–Trinajstić information content (AvgIpc) is 2.27. The fraction of sp³-hybridized carbons (Fsp3) is 1.00. The number of rotatable bonds is 2. The third-order valence-electron chi connectivity index (χ3n) is 2.89. The molecule has 1 rings (SSSR count). The van der Waals surface area contributed by atoms with Crippen LogP contribution in [0.15, 0.2) is 0 Å². The monoisotopic (exact) mass is 191 g/mol. The number of nitrogens with zero attached hydrogens (tertiary/aromatic N) is 1. The summed E-state index contributed by atoms with van der Waals surface area (Å²) in [6.45, 7) is 6.08. The second-order valence-corrected chi connectivity index (χ2v) is 4.16. The Morgan fingerprint density at radius 1 is 1.15 bits per heavy atom. The standard InChI is InChI=1S/C10H19F2N/c1-8(2)13-6-3-4-9(5-7-13)10(11)12/h8-10H,3-7H2,1-2H3/t9-/m1/s1. The maximum Gasteiger partial charge on any atom is 0.241 e. The molecule has 0 unspecified atom stereocenters. The summed E-state index contributed by atoms with van der Waals surface area (Å²) < 4.78 is 24.8. The lowest BCUT2D eigenvalue weighted by atomic mass is 10.0. The zero-order valence-corrected chi connectivity index (χ0v) is 8.47. The normalized spacial score (nSPS) is 26.8. The predicted octanol–water partition coefficient (Wildman–Crippen LogP) is 2.76. The fourth-order valence-corrected chi connectivity index (χ4v) is 1.91.